The number of halogens is 5. The third kappa shape index (κ3) is 3.61. The maximum absolute atomic E-state index is 12.5. The van der Waals surface area contributed by atoms with Crippen molar-refractivity contribution < 1.29 is 19.4 Å². The van der Waals surface area contributed by atoms with E-state index in [0.29, 0.717) is 12.1 Å². The number of benzene rings is 1. The van der Waals surface area contributed by atoms with Gasteiger partial charge in [-0.2, -0.15) is 5.26 Å². The third-order valence-electron chi connectivity index (χ3n) is 2.49. The van der Waals surface area contributed by atoms with E-state index in [1.807, 2.05) is 6.07 Å². The van der Waals surface area contributed by atoms with E-state index in [0.717, 1.165) is 12.1 Å². The van der Waals surface area contributed by atoms with E-state index in [1.165, 1.54) is 18.3 Å². The number of nitriles is 1. The highest BCUT2D eigenvalue weighted by atomic mass is 32.5. The highest BCUT2D eigenvalue weighted by Gasteiger charge is 2.65. The normalized spacial score (nSPS) is 14.7. The van der Waals surface area contributed by atoms with Crippen LogP contribution < -0.4 is 5.32 Å². The number of pyridine rings is 1. The van der Waals surface area contributed by atoms with Crippen molar-refractivity contribution >= 4 is 21.7 Å². The number of hydrogen-bond acceptors (Lipinski definition) is 3. The zero-order valence-electron chi connectivity index (χ0n) is 10.2. The molecule has 21 heavy (non-hydrogen) atoms. The molecule has 1 aromatic carbocycles. The van der Waals surface area contributed by atoms with Crippen molar-refractivity contribution in [2.45, 2.75) is 4.90 Å². The van der Waals surface area contributed by atoms with Crippen molar-refractivity contribution in [3.63, 3.8) is 0 Å². The fraction of sp³-hybridized carbons (Fsp3) is 0. The van der Waals surface area contributed by atoms with E-state index in [2.05, 4.69) is 10.3 Å². The molecular formula is C12H8F5N3S. The van der Waals surface area contributed by atoms with Gasteiger partial charge in [0.25, 0.3) is 0 Å². The van der Waals surface area contributed by atoms with Crippen LogP contribution in [-0.4, -0.2) is 4.98 Å². The van der Waals surface area contributed by atoms with E-state index < -0.39 is 15.1 Å². The van der Waals surface area contributed by atoms with Crippen LogP contribution in [0, 0.1) is 11.3 Å². The average molecular weight is 321 g/mol. The second-order valence-corrected chi connectivity index (χ2v) is 6.54. The largest absolute Gasteiger partial charge is 0.339 e. The lowest BCUT2D eigenvalue weighted by molar-refractivity contribution is 0.364. The van der Waals surface area contributed by atoms with Crippen molar-refractivity contribution in [2.24, 2.45) is 0 Å². The van der Waals surface area contributed by atoms with Gasteiger partial charge in [-0.15, -0.1) is 0 Å². The molecule has 1 N–H and O–H groups in total. The van der Waals surface area contributed by atoms with Gasteiger partial charge in [0.2, 0.25) is 0 Å². The lowest BCUT2D eigenvalue weighted by Crippen LogP contribution is -2.06. The van der Waals surface area contributed by atoms with Crippen molar-refractivity contribution in [1.82, 2.24) is 4.98 Å². The quantitative estimate of drug-likeness (QED) is 0.775. The Morgan fingerprint density at radius 1 is 1.00 bits per heavy atom. The van der Waals surface area contributed by atoms with E-state index in [4.69, 9.17) is 5.26 Å². The molecule has 0 aliphatic heterocycles. The molecular weight excluding hydrogens is 313 g/mol. The van der Waals surface area contributed by atoms with Crippen LogP contribution in [0.2, 0.25) is 0 Å². The van der Waals surface area contributed by atoms with Gasteiger partial charge in [0.05, 0.1) is 5.56 Å². The monoisotopic (exact) mass is 321 g/mol. The highest BCUT2D eigenvalue weighted by molar-refractivity contribution is 8.45. The fourth-order valence-electron chi connectivity index (χ4n) is 1.53. The Morgan fingerprint density at radius 3 is 2.14 bits per heavy atom. The summed E-state index contributed by atoms with van der Waals surface area (Å²) in [5, 5.41) is 11.4. The number of nitrogens with one attached hydrogen (secondary N) is 1. The molecule has 9 heteroatoms. The molecule has 0 saturated carbocycles. The summed E-state index contributed by atoms with van der Waals surface area (Å²) < 4.78 is 62.7. The predicted octanol–water partition coefficient (Wildman–Crippen LogP) is 5.35. The molecule has 0 saturated heterocycles. The first-order valence-electron chi connectivity index (χ1n) is 5.46. The van der Waals surface area contributed by atoms with E-state index >= 15 is 0 Å². The Balaban J connectivity index is 2.32. The van der Waals surface area contributed by atoms with Crippen molar-refractivity contribution in [3.8, 4) is 6.07 Å². The minimum absolute atomic E-state index is 0.107. The van der Waals surface area contributed by atoms with Gasteiger partial charge in [0.15, 0.2) is 0 Å². The number of nitrogens with zero attached hydrogens (tertiary/aromatic N) is 2. The summed E-state index contributed by atoms with van der Waals surface area (Å²) in [5.74, 6) is 0.125. The van der Waals surface area contributed by atoms with Gasteiger partial charge in [-0.05, 0) is 36.4 Å². The minimum atomic E-state index is -9.67. The summed E-state index contributed by atoms with van der Waals surface area (Å²) in [6, 6.07) is 7.10. The Labute approximate surface area is 116 Å². The molecule has 0 atom stereocenters. The SMILES string of the molecule is N#Cc1cccnc1Nc1ccc(S(F)(F)(F)(F)F)cc1. The number of aromatic nitrogens is 1. The van der Waals surface area contributed by atoms with Gasteiger partial charge in [0.1, 0.15) is 16.8 Å². The van der Waals surface area contributed by atoms with Crippen LogP contribution in [0.25, 0.3) is 0 Å². The Bertz CT molecular complexity index is 719. The standard InChI is InChI=1S/C12H8F5N3S/c13-21(14,15,16,17)11-5-3-10(4-6-11)20-12-9(8-18)2-1-7-19-12/h1-7H,(H,19,20). The van der Waals surface area contributed by atoms with Crippen LogP contribution in [0.5, 0.6) is 0 Å². The van der Waals surface area contributed by atoms with E-state index in [1.54, 1.807) is 0 Å². The molecule has 0 unspecified atom stereocenters. The van der Waals surface area contributed by atoms with Crippen LogP contribution in [0.1, 0.15) is 5.56 Å². The lowest BCUT2D eigenvalue weighted by atomic mass is 10.2. The van der Waals surface area contributed by atoms with Gasteiger partial charge in [-0.1, -0.05) is 19.4 Å². The Kier molecular flexibility index (Phi) is 2.93. The van der Waals surface area contributed by atoms with Crippen molar-refractivity contribution in [1.29, 1.82) is 5.26 Å². The van der Waals surface area contributed by atoms with Crippen LogP contribution in [0.4, 0.5) is 30.9 Å². The van der Waals surface area contributed by atoms with Crippen LogP contribution in [0.3, 0.4) is 0 Å². The summed E-state index contributed by atoms with van der Waals surface area (Å²) in [6.45, 7) is 0. The second kappa shape index (κ2) is 4.08. The summed E-state index contributed by atoms with van der Waals surface area (Å²) >= 11 is 0. The van der Waals surface area contributed by atoms with E-state index in [-0.39, 0.29) is 17.1 Å². The molecule has 0 aliphatic rings. The molecule has 0 fully saturated rings. The maximum Gasteiger partial charge on any atom is 0.310 e. The van der Waals surface area contributed by atoms with Crippen LogP contribution >= 0.6 is 10.2 Å². The molecule has 0 bridgehead atoms. The van der Waals surface area contributed by atoms with Crippen molar-refractivity contribution in [2.75, 3.05) is 5.32 Å². The molecule has 0 amide bonds. The molecule has 0 radical (unpaired) electrons. The van der Waals surface area contributed by atoms with Crippen LogP contribution in [0.15, 0.2) is 47.5 Å². The molecule has 3 nitrogen and oxygen atoms in total. The topological polar surface area (TPSA) is 48.7 Å². The molecule has 2 rings (SSSR count). The Hall–Kier alpha value is -2.34. The van der Waals surface area contributed by atoms with Gasteiger partial charge in [-0.25, -0.2) is 4.98 Å². The first-order valence-corrected chi connectivity index (χ1v) is 7.41. The molecule has 112 valence electrons. The molecule has 1 aromatic heterocycles. The smallest absolute Gasteiger partial charge is 0.310 e. The summed E-state index contributed by atoms with van der Waals surface area (Å²) in [7, 11) is -9.67. The molecule has 1 heterocycles. The van der Waals surface area contributed by atoms with Gasteiger partial charge >= 0.3 is 10.2 Å². The predicted molar refractivity (Wildman–Crippen MR) is 70.1 cm³/mol. The molecule has 0 aliphatic carbocycles. The summed E-state index contributed by atoms with van der Waals surface area (Å²) in [6.07, 6.45) is 1.38. The number of hydrogen-bond donors (Lipinski definition) is 1. The fourth-order valence-corrected chi connectivity index (χ4v) is 2.18. The van der Waals surface area contributed by atoms with Gasteiger partial charge in [0, 0.05) is 11.9 Å². The van der Waals surface area contributed by atoms with Gasteiger partial charge in [-0.3, -0.25) is 0 Å². The van der Waals surface area contributed by atoms with Crippen LogP contribution in [-0.2, 0) is 0 Å². The zero-order chi connectivity index (χ0) is 15.8. The highest BCUT2D eigenvalue weighted by Crippen LogP contribution is 3.02. The average Bonchev–Trinajstić information content (AvgIpc) is 2.37. The lowest BCUT2D eigenvalue weighted by Gasteiger charge is -2.40. The van der Waals surface area contributed by atoms with Crippen molar-refractivity contribution in [3.05, 3.63) is 48.2 Å². The summed E-state index contributed by atoms with van der Waals surface area (Å²) in [5.41, 5.74) is 0.282. The van der Waals surface area contributed by atoms with Gasteiger partial charge < -0.3 is 5.32 Å². The first kappa shape index (κ1) is 15.1. The minimum Gasteiger partial charge on any atom is -0.339 e. The number of anilines is 2. The molecule has 2 aromatic rings. The number of rotatable bonds is 3. The third-order valence-corrected chi connectivity index (χ3v) is 3.65. The summed E-state index contributed by atoms with van der Waals surface area (Å²) in [4.78, 5) is 1.88. The first-order chi connectivity index (χ1) is 9.49. The Morgan fingerprint density at radius 2 is 1.62 bits per heavy atom. The molecule has 0 spiro atoms. The van der Waals surface area contributed by atoms with E-state index in [9.17, 15) is 19.4 Å². The zero-order valence-corrected chi connectivity index (χ0v) is 11.1. The second-order valence-electron chi connectivity index (χ2n) is 4.13. The maximum atomic E-state index is 12.5.